The third-order valence-corrected chi connectivity index (χ3v) is 2.44. The highest BCUT2D eigenvalue weighted by molar-refractivity contribution is 6.32. The summed E-state index contributed by atoms with van der Waals surface area (Å²) >= 11 is 5.89. The zero-order valence-electron chi connectivity index (χ0n) is 9.41. The molecular weight excluding hydrogens is 246 g/mol. The maximum absolute atomic E-state index is 11.6. The topological polar surface area (TPSA) is 75.6 Å². The van der Waals surface area contributed by atoms with Gasteiger partial charge in [0.25, 0.3) is 5.91 Å². The molecule has 0 atom stereocenters. The second-order valence-electron chi connectivity index (χ2n) is 3.38. The minimum absolute atomic E-state index is 0.304. The number of hydrogen-bond donors (Lipinski definition) is 2. The van der Waals surface area contributed by atoms with E-state index < -0.39 is 18.4 Å². The van der Waals surface area contributed by atoms with Gasteiger partial charge in [0.1, 0.15) is 12.3 Å². The molecule has 0 unspecified atom stereocenters. The summed E-state index contributed by atoms with van der Waals surface area (Å²) < 4.78 is 5.00. The van der Waals surface area contributed by atoms with Crippen LogP contribution in [0.1, 0.15) is 15.9 Å². The van der Waals surface area contributed by atoms with Crippen LogP contribution < -0.4 is 10.1 Å². The van der Waals surface area contributed by atoms with Gasteiger partial charge in [0.05, 0.1) is 12.1 Å². The molecule has 1 amide bonds. The van der Waals surface area contributed by atoms with Crippen LogP contribution in [0.25, 0.3) is 0 Å². The highest BCUT2D eigenvalue weighted by Gasteiger charge is 2.13. The number of carboxylic acids is 1. The Morgan fingerprint density at radius 3 is 2.65 bits per heavy atom. The second kappa shape index (κ2) is 5.54. The van der Waals surface area contributed by atoms with Crippen molar-refractivity contribution in [2.45, 2.75) is 6.92 Å². The number of aliphatic carboxylic acids is 1. The second-order valence-corrected chi connectivity index (χ2v) is 3.79. The summed E-state index contributed by atoms with van der Waals surface area (Å²) in [4.78, 5) is 22.0. The molecule has 0 spiro atoms. The normalized spacial score (nSPS) is 9.82. The Morgan fingerprint density at radius 2 is 2.12 bits per heavy atom. The van der Waals surface area contributed by atoms with Gasteiger partial charge in [-0.2, -0.15) is 0 Å². The molecule has 0 aliphatic carbocycles. The van der Waals surface area contributed by atoms with Gasteiger partial charge in [-0.3, -0.25) is 9.59 Å². The van der Waals surface area contributed by atoms with Gasteiger partial charge in [-0.05, 0) is 24.6 Å². The molecule has 0 aromatic heterocycles. The highest BCUT2D eigenvalue weighted by Crippen LogP contribution is 2.27. The van der Waals surface area contributed by atoms with Crippen LogP contribution in [-0.4, -0.2) is 30.6 Å². The van der Waals surface area contributed by atoms with Gasteiger partial charge in [-0.25, -0.2) is 0 Å². The zero-order valence-corrected chi connectivity index (χ0v) is 10.2. The predicted octanol–water partition coefficient (Wildman–Crippen LogP) is 1.47. The standard InChI is InChI=1S/C11H12ClNO4/c1-6-3-9(17-2)8(12)4-7(6)11(16)13-5-10(14)15/h3-4H,5H2,1-2H3,(H,13,16)(H,14,15). The van der Waals surface area contributed by atoms with Crippen molar-refractivity contribution in [2.75, 3.05) is 13.7 Å². The number of halogens is 1. The van der Waals surface area contributed by atoms with Gasteiger partial charge >= 0.3 is 5.97 Å². The van der Waals surface area contributed by atoms with Crippen molar-refractivity contribution < 1.29 is 19.4 Å². The first kappa shape index (κ1) is 13.3. The van der Waals surface area contributed by atoms with Crippen molar-refractivity contribution in [3.8, 4) is 5.75 Å². The molecule has 1 aromatic carbocycles. The summed E-state index contributed by atoms with van der Waals surface area (Å²) in [6, 6.07) is 3.07. The average molecular weight is 258 g/mol. The van der Waals surface area contributed by atoms with Crippen LogP contribution >= 0.6 is 11.6 Å². The molecule has 5 nitrogen and oxygen atoms in total. The molecule has 0 aliphatic heterocycles. The number of aryl methyl sites for hydroxylation is 1. The smallest absolute Gasteiger partial charge is 0.322 e. The summed E-state index contributed by atoms with van der Waals surface area (Å²) in [7, 11) is 1.48. The number of amides is 1. The number of carbonyl (C=O) groups excluding carboxylic acids is 1. The van der Waals surface area contributed by atoms with E-state index in [1.165, 1.54) is 13.2 Å². The molecule has 0 radical (unpaired) electrons. The third-order valence-electron chi connectivity index (χ3n) is 2.14. The number of carboxylic acid groups (broad SMARTS) is 1. The van der Waals surface area contributed by atoms with Crippen LogP contribution in [0, 0.1) is 6.92 Å². The SMILES string of the molecule is COc1cc(C)c(C(=O)NCC(=O)O)cc1Cl. The Kier molecular flexibility index (Phi) is 4.34. The minimum Gasteiger partial charge on any atom is -0.495 e. The summed E-state index contributed by atoms with van der Waals surface area (Å²) in [5, 5.41) is 11.0. The van der Waals surface area contributed by atoms with Crippen molar-refractivity contribution >= 4 is 23.5 Å². The van der Waals surface area contributed by atoms with Crippen molar-refractivity contribution in [3.05, 3.63) is 28.3 Å². The fourth-order valence-electron chi connectivity index (χ4n) is 1.31. The molecule has 0 fully saturated rings. The number of nitrogens with one attached hydrogen (secondary N) is 1. The lowest BCUT2D eigenvalue weighted by Crippen LogP contribution is -2.29. The number of carbonyl (C=O) groups is 2. The van der Waals surface area contributed by atoms with Gasteiger partial charge in [0.2, 0.25) is 0 Å². The van der Waals surface area contributed by atoms with E-state index in [0.717, 1.165) is 0 Å². The first-order chi connectivity index (χ1) is 7.95. The fraction of sp³-hybridized carbons (Fsp3) is 0.273. The molecule has 6 heteroatoms. The molecule has 92 valence electrons. The number of hydrogen-bond acceptors (Lipinski definition) is 3. The maximum atomic E-state index is 11.6. The predicted molar refractivity (Wildman–Crippen MR) is 62.7 cm³/mol. The molecule has 2 N–H and O–H groups in total. The Labute approximate surface area is 103 Å². The minimum atomic E-state index is -1.10. The molecule has 0 saturated carbocycles. The molecule has 17 heavy (non-hydrogen) atoms. The molecule has 0 aliphatic rings. The van der Waals surface area contributed by atoms with Crippen molar-refractivity contribution in [1.82, 2.24) is 5.32 Å². The highest BCUT2D eigenvalue weighted by atomic mass is 35.5. The summed E-state index contributed by atoms with van der Waals surface area (Å²) in [5.41, 5.74) is 0.992. The van der Waals surface area contributed by atoms with Crippen molar-refractivity contribution in [2.24, 2.45) is 0 Å². The molecule has 1 aromatic rings. The molecule has 0 bridgehead atoms. The first-order valence-corrected chi connectivity index (χ1v) is 5.17. The van der Waals surface area contributed by atoms with E-state index in [4.69, 9.17) is 21.4 Å². The largest absolute Gasteiger partial charge is 0.495 e. The number of rotatable bonds is 4. The lowest BCUT2D eigenvalue weighted by atomic mass is 10.1. The van der Waals surface area contributed by atoms with Gasteiger partial charge in [0.15, 0.2) is 0 Å². The summed E-state index contributed by atoms with van der Waals surface area (Å²) in [6.45, 7) is 1.29. The van der Waals surface area contributed by atoms with Gasteiger partial charge < -0.3 is 15.2 Å². The number of methoxy groups -OCH3 is 1. The van der Waals surface area contributed by atoms with Gasteiger partial charge in [-0.15, -0.1) is 0 Å². The zero-order chi connectivity index (χ0) is 13.0. The molecule has 0 heterocycles. The quantitative estimate of drug-likeness (QED) is 0.857. The van der Waals surface area contributed by atoms with Crippen LogP contribution in [0.4, 0.5) is 0 Å². The Balaban J connectivity index is 2.94. The van der Waals surface area contributed by atoms with Gasteiger partial charge in [0, 0.05) is 5.56 Å². The van der Waals surface area contributed by atoms with E-state index in [1.54, 1.807) is 13.0 Å². The van der Waals surface area contributed by atoms with E-state index in [0.29, 0.717) is 21.9 Å². The third kappa shape index (κ3) is 3.35. The van der Waals surface area contributed by atoms with E-state index in [-0.39, 0.29) is 0 Å². The fourth-order valence-corrected chi connectivity index (χ4v) is 1.55. The Hall–Kier alpha value is -1.75. The Bertz CT molecular complexity index is 459. The number of ether oxygens (including phenoxy) is 1. The van der Waals surface area contributed by atoms with E-state index in [2.05, 4.69) is 5.32 Å². The lowest BCUT2D eigenvalue weighted by Gasteiger charge is -2.09. The summed E-state index contributed by atoms with van der Waals surface area (Å²) in [6.07, 6.45) is 0. The van der Waals surface area contributed by atoms with Crippen LogP contribution in [0.2, 0.25) is 5.02 Å². The average Bonchev–Trinajstić information content (AvgIpc) is 2.28. The summed E-state index contributed by atoms with van der Waals surface area (Å²) in [5.74, 6) is -1.11. The van der Waals surface area contributed by atoms with Gasteiger partial charge in [-0.1, -0.05) is 11.6 Å². The van der Waals surface area contributed by atoms with Crippen LogP contribution in [0.15, 0.2) is 12.1 Å². The molecule has 0 saturated heterocycles. The monoisotopic (exact) mass is 257 g/mol. The Morgan fingerprint density at radius 1 is 1.47 bits per heavy atom. The van der Waals surface area contributed by atoms with E-state index >= 15 is 0 Å². The van der Waals surface area contributed by atoms with Crippen LogP contribution in [0.5, 0.6) is 5.75 Å². The van der Waals surface area contributed by atoms with Crippen LogP contribution in [0.3, 0.4) is 0 Å². The number of benzene rings is 1. The molecular formula is C11H12ClNO4. The lowest BCUT2D eigenvalue weighted by molar-refractivity contribution is -0.135. The maximum Gasteiger partial charge on any atom is 0.322 e. The van der Waals surface area contributed by atoms with E-state index in [1.807, 2.05) is 0 Å². The van der Waals surface area contributed by atoms with Crippen molar-refractivity contribution in [1.29, 1.82) is 0 Å². The van der Waals surface area contributed by atoms with Crippen LogP contribution in [-0.2, 0) is 4.79 Å². The van der Waals surface area contributed by atoms with E-state index in [9.17, 15) is 9.59 Å². The molecule has 1 rings (SSSR count). The van der Waals surface area contributed by atoms with Crippen molar-refractivity contribution in [3.63, 3.8) is 0 Å². The first-order valence-electron chi connectivity index (χ1n) is 4.80.